The Hall–Kier alpha value is -3.07. The number of anilines is 1. The van der Waals surface area contributed by atoms with Crippen LogP contribution < -0.4 is 15.3 Å². The molecule has 1 aliphatic rings. The summed E-state index contributed by atoms with van der Waals surface area (Å²) in [6.07, 6.45) is 0.959. The van der Waals surface area contributed by atoms with E-state index >= 15 is 0 Å². The minimum absolute atomic E-state index is 0.0866. The molecule has 1 amide bonds. The Bertz CT molecular complexity index is 1200. The molecule has 0 aliphatic carbocycles. The van der Waals surface area contributed by atoms with Crippen molar-refractivity contribution in [2.75, 3.05) is 32.1 Å². The molecule has 1 saturated heterocycles. The van der Waals surface area contributed by atoms with E-state index in [9.17, 15) is 9.59 Å². The fourth-order valence-corrected chi connectivity index (χ4v) is 4.38. The molecule has 1 fully saturated rings. The van der Waals surface area contributed by atoms with Crippen molar-refractivity contribution in [1.82, 2.24) is 9.88 Å². The maximum absolute atomic E-state index is 12.4. The zero-order valence-corrected chi connectivity index (χ0v) is 20.4. The Labute approximate surface area is 196 Å². The van der Waals surface area contributed by atoms with Crippen LogP contribution in [0.4, 0.5) is 10.5 Å². The standard InChI is InChI=1S/C24H29N3O5S/c1-24(2,3)32-23(29)27-10-8-16(9-11-27)30-20-12-15(26(4)5)6-7-17(20)21-25-19-14-33-13-18(19)22(28)31-21/h6-7,12-14,16H,8-11H2,1-5H3. The van der Waals surface area contributed by atoms with Gasteiger partial charge in [0.05, 0.1) is 16.5 Å². The molecule has 0 N–H and O–H groups in total. The van der Waals surface area contributed by atoms with Crippen LogP contribution in [-0.4, -0.2) is 54.9 Å². The van der Waals surface area contributed by atoms with Crippen molar-refractivity contribution >= 4 is 34.0 Å². The number of nitrogens with zero attached hydrogens (tertiary/aromatic N) is 3. The van der Waals surface area contributed by atoms with E-state index in [1.165, 1.54) is 11.3 Å². The van der Waals surface area contributed by atoms with Gasteiger partial charge in [0, 0.05) is 62.5 Å². The van der Waals surface area contributed by atoms with Gasteiger partial charge in [-0.1, -0.05) is 0 Å². The van der Waals surface area contributed by atoms with Crippen LogP contribution in [0, 0.1) is 0 Å². The number of hydrogen-bond donors (Lipinski definition) is 0. The van der Waals surface area contributed by atoms with Crippen LogP contribution in [-0.2, 0) is 4.74 Å². The van der Waals surface area contributed by atoms with Gasteiger partial charge in [0.2, 0.25) is 5.89 Å². The van der Waals surface area contributed by atoms with E-state index in [0.717, 1.165) is 5.69 Å². The molecule has 3 heterocycles. The molecule has 1 aromatic carbocycles. The fraction of sp³-hybridized carbons (Fsp3) is 0.458. The molecule has 176 valence electrons. The lowest BCUT2D eigenvalue weighted by molar-refractivity contribution is 0.0127. The van der Waals surface area contributed by atoms with Crippen LogP contribution in [0.25, 0.3) is 22.4 Å². The number of fused-ring (bicyclic) bond motifs is 1. The van der Waals surface area contributed by atoms with Gasteiger partial charge in [0.1, 0.15) is 17.5 Å². The molecule has 0 spiro atoms. The Kier molecular flexibility index (Phi) is 6.34. The molecule has 3 aromatic rings. The minimum atomic E-state index is -0.521. The third-order valence-corrected chi connectivity index (χ3v) is 6.10. The molecule has 33 heavy (non-hydrogen) atoms. The highest BCUT2D eigenvalue weighted by atomic mass is 32.1. The molecule has 0 saturated carbocycles. The smallest absolute Gasteiger partial charge is 0.410 e. The van der Waals surface area contributed by atoms with Crippen LogP contribution in [0.1, 0.15) is 33.6 Å². The normalized spacial score (nSPS) is 15.0. The third kappa shape index (κ3) is 5.30. The molecule has 0 bridgehead atoms. The summed E-state index contributed by atoms with van der Waals surface area (Å²) < 4.78 is 17.4. The molecule has 4 rings (SSSR count). The van der Waals surface area contributed by atoms with Crippen molar-refractivity contribution in [3.63, 3.8) is 0 Å². The van der Waals surface area contributed by atoms with E-state index in [0.29, 0.717) is 48.1 Å². The second-order valence-electron chi connectivity index (χ2n) is 9.34. The predicted octanol–water partition coefficient (Wildman–Crippen LogP) is 4.76. The summed E-state index contributed by atoms with van der Waals surface area (Å²) >= 11 is 1.41. The maximum atomic E-state index is 12.4. The number of benzene rings is 1. The molecule has 2 aromatic heterocycles. The van der Waals surface area contributed by atoms with E-state index in [1.54, 1.807) is 10.3 Å². The quantitative estimate of drug-likeness (QED) is 0.542. The average Bonchev–Trinajstić information content (AvgIpc) is 3.22. The number of ether oxygens (including phenoxy) is 2. The highest BCUT2D eigenvalue weighted by molar-refractivity contribution is 7.09. The molecule has 8 nitrogen and oxygen atoms in total. The third-order valence-electron chi connectivity index (χ3n) is 5.37. The van der Waals surface area contributed by atoms with E-state index in [-0.39, 0.29) is 18.1 Å². The first-order valence-electron chi connectivity index (χ1n) is 10.9. The van der Waals surface area contributed by atoms with Crippen LogP contribution in [0.3, 0.4) is 0 Å². The van der Waals surface area contributed by atoms with E-state index < -0.39 is 11.2 Å². The summed E-state index contributed by atoms with van der Waals surface area (Å²) in [7, 11) is 3.90. The number of aromatic nitrogens is 1. The molecular weight excluding hydrogens is 442 g/mol. The maximum Gasteiger partial charge on any atom is 0.410 e. The lowest BCUT2D eigenvalue weighted by Gasteiger charge is -2.33. The van der Waals surface area contributed by atoms with Crippen molar-refractivity contribution in [3.8, 4) is 17.2 Å². The van der Waals surface area contributed by atoms with Crippen molar-refractivity contribution in [2.45, 2.75) is 45.3 Å². The minimum Gasteiger partial charge on any atom is -0.489 e. The van der Waals surface area contributed by atoms with Gasteiger partial charge in [-0.15, -0.1) is 11.3 Å². The zero-order chi connectivity index (χ0) is 23.8. The van der Waals surface area contributed by atoms with Crippen LogP contribution >= 0.6 is 11.3 Å². The van der Waals surface area contributed by atoms with Gasteiger partial charge >= 0.3 is 11.7 Å². The second-order valence-corrected chi connectivity index (χ2v) is 10.1. The van der Waals surface area contributed by atoms with E-state index in [4.69, 9.17) is 13.9 Å². The largest absolute Gasteiger partial charge is 0.489 e. The number of likely N-dealkylation sites (tertiary alicyclic amines) is 1. The number of piperidine rings is 1. The Balaban J connectivity index is 1.56. The summed E-state index contributed by atoms with van der Waals surface area (Å²) in [5, 5.41) is 4.05. The number of rotatable bonds is 4. The highest BCUT2D eigenvalue weighted by Crippen LogP contribution is 2.35. The summed E-state index contributed by atoms with van der Waals surface area (Å²) in [6, 6.07) is 5.73. The number of thiophene rings is 1. The summed E-state index contributed by atoms with van der Waals surface area (Å²) in [4.78, 5) is 33.0. The number of carbonyl (C=O) groups excluding carboxylic acids is 1. The van der Waals surface area contributed by atoms with Crippen LogP contribution in [0.5, 0.6) is 5.75 Å². The van der Waals surface area contributed by atoms with Crippen molar-refractivity contribution in [3.05, 3.63) is 39.4 Å². The number of hydrogen-bond acceptors (Lipinski definition) is 8. The second kappa shape index (κ2) is 9.05. The topological polar surface area (TPSA) is 85.1 Å². The first-order chi connectivity index (χ1) is 15.6. The molecule has 9 heteroatoms. The molecule has 0 radical (unpaired) electrons. The van der Waals surface area contributed by atoms with Gasteiger partial charge in [0.15, 0.2) is 0 Å². The van der Waals surface area contributed by atoms with E-state index in [1.807, 2.05) is 63.3 Å². The molecule has 0 unspecified atom stereocenters. The van der Waals surface area contributed by atoms with E-state index in [2.05, 4.69) is 4.98 Å². The number of carbonyl (C=O) groups is 1. The Morgan fingerprint density at radius 2 is 1.94 bits per heavy atom. The van der Waals surface area contributed by atoms with Crippen molar-refractivity contribution < 1.29 is 18.7 Å². The van der Waals surface area contributed by atoms with Gasteiger partial charge in [0.25, 0.3) is 0 Å². The predicted molar refractivity (Wildman–Crippen MR) is 129 cm³/mol. The average molecular weight is 472 g/mol. The fourth-order valence-electron chi connectivity index (χ4n) is 3.65. The number of amides is 1. The first-order valence-corrected chi connectivity index (χ1v) is 11.9. The molecule has 0 atom stereocenters. The zero-order valence-electron chi connectivity index (χ0n) is 19.6. The Morgan fingerprint density at radius 1 is 1.21 bits per heavy atom. The van der Waals surface area contributed by atoms with Gasteiger partial charge in [-0.3, -0.25) is 0 Å². The van der Waals surface area contributed by atoms with Gasteiger partial charge in [-0.25, -0.2) is 14.6 Å². The van der Waals surface area contributed by atoms with Gasteiger partial charge < -0.3 is 23.7 Å². The van der Waals surface area contributed by atoms with Gasteiger partial charge in [-0.05, 0) is 32.9 Å². The van der Waals surface area contributed by atoms with Crippen molar-refractivity contribution in [1.29, 1.82) is 0 Å². The van der Waals surface area contributed by atoms with Gasteiger partial charge in [-0.2, -0.15) is 0 Å². The van der Waals surface area contributed by atoms with Crippen LogP contribution in [0.15, 0.2) is 38.2 Å². The summed E-state index contributed by atoms with van der Waals surface area (Å²) in [5.41, 5.74) is 1.26. The SMILES string of the molecule is CN(C)c1ccc(-c2nc3cscc3c(=O)o2)c(OC2CCN(C(=O)OC(C)(C)C)CC2)c1. The van der Waals surface area contributed by atoms with Crippen LogP contribution in [0.2, 0.25) is 0 Å². The molecule has 1 aliphatic heterocycles. The van der Waals surface area contributed by atoms with Crippen molar-refractivity contribution in [2.24, 2.45) is 0 Å². The Morgan fingerprint density at radius 3 is 2.61 bits per heavy atom. The lowest BCUT2D eigenvalue weighted by atomic mass is 10.1. The summed E-state index contributed by atoms with van der Waals surface area (Å²) in [6.45, 7) is 6.69. The highest BCUT2D eigenvalue weighted by Gasteiger charge is 2.28. The molecular formula is C24H29N3O5S. The lowest BCUT2D eigenvalue weighted by Crippen LogP contribution is -2.44. The first kappa shape index (κ1) is 23.1. The monoisotopic (exact) mass is 471 g/mol. The summed E-state index contributed by atoms with van der Waals surface area (Å²) in [5.74, 6) is 0.833.